The molecule has 1 N–H and O–H groups in total. The molecular formula is C14H18N2O. The summed E-state index contributed by atoms with van der Waals surface area (Å²) < 4.78 is 1.86. The van der Waals surface area contributed by atoms with Gasteiger partial charge in [-0.25, -0.2) is 4.68 Å². The molecule has 0 spiro atoms. The zero-order valence-electron chi connectivity index (χ0n) is 10.6. The van der Waals surface area contributed by atoms with Crippen molar-refractivity contribution in [3.05, 3.63) is 41.1 Å². The molecule has 0 fully saturated rings. The van der Waals surface area contributed by atoms with Gasteiger partial charge in [-0.2, -0.15) is 0 Å². The number of hydrogen-bond acceptors (Lipinski definition) is 2. The maximum Gasteiger partial charge on any atom is 0.233 e. The van der Waals surface area contributed by atoms with E-state index in [2.05, 4.69) is 25.0 Å². The predicted octanol–water partition coefficient (Wildman–Crippen LogP) is 3.15. The van der Waals surface area contributed by atoms with Gasteiger partial charge in [-0.1, -0.05) is 31.5 Å². The van der Waals surface area contributed by atoms with Crippen molar-refractivity contribution in [2.45, 2.75) is 33.6 Å². The lowest BCUT2D eigenvalue weighted by atomic mass is 10.1. The van der Waals surface area contributed by atoms with Gasteiger partial charge in [0.2, 0.25) is 5.88 Å². The first-order valence-electron chi connectivity index (χ1n) is 5.98. The molecule has 1 aromatic heterocycles. The number of aromatic hydroxyl groups is 1. The lowest BCUT2D eigenvalue weighted by Crippen LogP contribution is -2.04. The van der Waals surface area contributed by atoms with E-state index in [1.165, 1.54) is 0 Å². The standard InChI is InChI=1S/C14H18N2O/c1-4-7-13-11(3)14(17)15-16(13)12-9-6-5-8-10(12)2/h5-6,8-9H,4,7H2,1-3H3,(H,15,17). The third kappa shape index (κ3) is 2.05. The van der Waals surface area contributed by atoms with Crippen LogP contribution in [0.5, 0.6) is 5.88 Å². The van der Waals surface area contributed by atoms with E-state index in [9.17, 15) is 5.11 Å². The van der Waals surface area contributed by atoms with Gasteiger partial charge >= 0.3 is 0 Å². The van der Waals surface area contributed by atoms with Crippen LogP contribution in [0.2, 0.25) is 0 Å². The molecule has 0 atom stereocenters. The molecule has 0 unspecified atom stereocenters. The van der Waals surface area contributed by atoms with Crippen LogP contribution in [-0.2, 0) is 6.42 Å². The van der Waals surface area contributed by atoms with Crippen LogP contribution in [0.3, 0.4) is 0 Å². The number of hydrogen-bond donors (Lipinski definition) is 1. The van der Waals surface area contributed by atoms with Gasteiger partial charge in [0.25, 0.3) is 0 Å². The molecule has 2 rings (SSSR count). The van der Waals surface area contributed by atoms with Gasteiger partial charge in [0.05, 0.1) is 11.4 Å². The highest BCUT2D eigenvalue weighted by atomic mass is 16.3. The molecular weight excluding hydrogens is 212 g/mol. The van der Waals surface area contributed by atoms with Crippen LogP contribution >= 0.6 is 0 Å². The number of aromatic nitrogens is 2. The van der Waals surface area contributed by atoms with Crippen LogP contribution in [0.4, 0.5) is 0 Å². The third-order valence-electron chi connectivity index (χ3n) is 3.05. The molecule has 1 aromatic carbocycles. The molecule has 0 amide bonds. The molecule has 0 bridgehead atoms. The van der Waals surface area contributed by atoms with E-state index in [1.807, 2.05) is 29.8 Å². The minimum atomic E-state index is 0.136. The van der Waals surface area contributed by atoms with Gasteiger partial charge in [-0.15, -0.1) is 5.10 Å². The van der Waals surface area contributed by atoms with Gasteiger partial charge in [0.15, 0.2) is 0 Å². The van der Waals surface area contributed by atoms with E-state index in [0.29, 0.717) is 0 Å². The lowest BCUT2D eigenvalue weighted by Gasteiger charge is -2.09. The zero-order valence-corrected chi connectivity index (χ0v) is 10.6. The van der Waals surface area contributed by atoms with Crippen molar-refractivity contribution >= 4 is 0 Å². The van der Waals surface area contributed by atoms with Crippen LogP contribution in [0.25, 0.3) is 5.69 Å². The van der Waals surface area contributed by atoms with Gasteiger partial charge < -0.3 is 5.11 Å². The van der Waals surface area contributed by atoms with Gasteiger partial charge in [0, 0.05) is 5.56 Å². The van der Waals surface area contributed by atoms with Gasteiger partial charge in [-0.05, 0) is 31.9 Å². The van der Waals surface area contributed by atoms with Crippen molar-refractivity contribution in [1.82, 2.24) is 9.78 Å². The molecule has 90 valence electrons. The molecule has 0 aliphatic heterocycles. The minimum Gasteiger partial charge on any atom is -0.492 e. The van der Waals surface area contributed by atoms with Crippen LogP contribution in [0.1, 0.15) is 30.2 Å². The van der Waals surface area contributed by atoms with Crippen LogP contribution in [0.15, 0.2) is 24.3 Å². The first kappa shape index (κ1) is 11.7. The van der Waals surface area contributed by atoms with E-state index in [4.69, 9.17) is 0 Å². The molecule has 3 nitrogen and oxygen atoms in total. The molecule has 1 heterocycles. The zero-order chi connectivity index (χ0) is 12.4. The summed E-state index contributed by atoms with van der Waals surface area (Å²) in [5, 5.41) is 14.0. The number of benzene rings is 1. The molecule has 0 saturated heterocycles. The summed E-state index contributed by atoms with van der Waals surface area (Å²) in [6.45, 7) is 6.10. The van der Waals surface area contributed by atoms with Crippen molar-refractivity contribution in [2.75, 3.05) is 0 Å². The number of nitrogens with zero attached hydrogens (tertiary/aromatic N) is 2. The number of para-hydroxylation sites is 1. The Morgan fingerprint density at radius 3 is 2.59 bits per heavy atom. The Kier molecular flexibility index (Phi) is 3.18. The quantitative estimate of drug-likeness (QED) is 0.879. The monoisotopic (exact) mass is 230 g/mol. The highest BCUT2D eigenvalue weighted by Gasteiger charge is 2.14. The van der Waals surface area contributed by atoms with Crippen LogP contribution in [-0.4, -0.2) is 14.9 Å². The maximum absolute atomic E-state index is 9.77. The van der Waals surface area contributed by atoms with E-state index in [0.717, 1.165) is 35.3 Å². The molecule has 0 radical (unpaired) electrons. The average Bonchev–Trinajstić information content (AvgIpc) is 2.58. The first-order chi connectivity index (χ1) is 8.15. The normalized spacial score (nSPS) is 10.8. The fourth-order valence-corrected chi connectivity index (χ4v) is 2.05. The molecule has 17 heavy (non-hydrogen) atoms. The molecule has 0 aliphatic carbocycles. The Bertz CT molecular complexity index is 529. The topological polar surface area (TPSA) is 38.1 Å². The fourth-order valence-electron chi connectivity index (χ4n) is 2.05. The second-order valence-electron chi connectivity index (χ2n) is 4.34. The van der Waals surface area contributed by atoms with E-state index in [-0.39, 0.29) is 5.88 Å². The van der Waals surface area contributed by atoms with Gasteiger partial charge in [-0.3, -0.25) is 0 Å². The van der Waals surface area contributed by atoms with Crippen molar-refractivity contribution in [3.8, 4) is 11.6 Å². The van der Waals surface area contributed by atoms with Crippen molar-refractivity contribution in [2.24, 2.45) is 0 Å². The SMILES string of the molecule is CCCc1c(C)c(O)nn1-c1ccccc1C. The van der Waals surface area contributed by atoms with Gasteiger partial charge in [0.1, 0.15) is 0 Å². The third-order valence-corrected chi connectivity index (χ3v) is 3.05. The number of rotatable bonds is 3. The van der Waals surface area contributed by atoms with E-state index >= 15 is 0 Å². The van der Waals surface area contributed by atoms with E-state index in [1.54, 1.807) is 0 Å². The summed E-state index contributed by atoms with van der Waals surface area (Å²) in [5.74, 6) is 0.136. The van der Waals surface area contributed by atoms with Crippen molar-refractivity contribution < 1.29 is 5.11 Å². The Balaban J connectivity index is 2.59. The largest absolute Gasteiger partial charge is 0.492 e. The number of aryl methyl sites for hydroxylation is 1. The summed E-state index contributed by atoms with van der Waals surface area (Å²) >= 11 is 0. The highest BCUT2D eigenvalue weighted by Crippen LogP contribution is 2.25. The molecule has 0 saturated carbocycles. The summed E-state index contributed by atoms with van der Waals surface area (Å²) in [5.41, 5.74) is 4.18. The Morgan fingerprint density at radius 2 is 1.94 bits per heavy atom. The summed E-state index contributed by atoms with van der Waals surface area (Å²) in [6, 6.07) is 8.08. The smallest absolute Gasteiger partial charge is 0.233 e. The van der Waals surface area contributed by atoms with Crippen molar-refractivity contribution in [3.63, 3.8) is 0 Å². The Morgan fingerprint density at radius 1 is 1.24 bits per heavy atom. The summed E-state index contributed by atoms with van der Waals surface area (Å²) in [6.07, 6.45) is 1.96. The second-order valence-corrected chi connectivity index (χ2v) is 4.34. The fraction of sp³-hybridized carbons (Fsp3) is 0.357. The molecule has 2 aromatic rings. The highest BCUT2D eigenvalue weighted by molar-refractivity contribution is 5.44. The average molecular weight is 230 g/mol. The maximum atomic E-state index is 9.77. The lowest BCUT2D eigenvalue weighted by molar-refractivity contribution is 0.444. The van der Waals surface area contributed by atoms with Crippen molar-refractivity contribution in [1.29, 1.82) is 0 Å². The van der Waals surface area contributed by atoms with Crippen LogP contribution in [0, 0.1) is 13.8 Å². The Labute approximate surface area is 102 Å². The molecule has 3 heteroatoms. The summed E-state index contributed by atoms with van der Waals surface area (Å²) in [7, 11) is 0. The predicted molar refractivity (Wildman–Crippen MR) is 68.7 cm³/mol. The Hall–Kier alpha value is -1.77. The minimum absolute atomic E-state index is 0.136. The van der Waals surface area contributed by atoms with E-state index < -0.39 is 0 Å². The first-order valence-corrected chi connectivity index (χ1v) is 5.98. The molecule has 0 aliphatic rings. The second kappa shape index (κ2) is 4.62. The summed E-state index contributed by atoms with van der Waals surface area (Å²) in [4.78, 5) is 0. The van der Waals surface area contributed by atoms with Crippen LogP contribution < -0.4 is 0 Å².